The van der Waals surface area contributed by atoms with Crippen LogP contribution in [0.3, 0.4) is 0 Å². The summed E-state index contributed by atoms with van der Waals surface area (Å²) in [5.41, 5.74) is -0.320. The number of nitro groups is 1. The van der Waals surface area contributed by atoms with Gasteiger partial charge in [0.25, 0.3) is 0 Å². The van der Waals surface area contributed by atoms with Gasteiger partial charge in [0.2, 0.25) is 5.91 Å². The van der Waals surface area contributed by atoms with Crippen LogP contribution < -0.4 is 5.32 Å². The number of aromatic nitrogens is 2. The highest BCUT2D eigenvalue weighted by molar-refractivity contribution is 7.91. The van der Waals surface area contributed by atoms with Crippen LogP contribution in [0.4, 0.5) is 11.4 Å². The lowest BCUT2D eigenvalue weighted by Gasteiger charge is -2.16. The van der Waals surface area contributed by atoms with Crippen LogP contribution in [0.1, 0.15) is 26.3 Å². The Balaban J connectivity index is 2.29. The van der Waals surface area contributed by atoms with Gasteiger partial charge in [0.15, 0.2) is 9.84 Å². The lowest BCUT2D eigenvalue weighted by atomic mass is 10.2. The Bertz CT molecular complexity index is 937. The normalized spacial score (nSPS) is 12.5. The van der Waals surface area contributed by atoms with Gasteiger partial charge in [0, 0.05) is 0 Å². The second-order valence-corrected chi connectivity index (χ2v) is 7.71. The van der Waals surface area contributed by atoms with E-state index in [-0.39, 0.29) is 34.2 Å². The van der Waals surface area contributed by atoms with Gasteiger partial charge in [-0.25, -0.2) is 8.42 Å². The fourth-order valence-corrected chi connectivity index (χ4v) is 3.18. The number of amides is 1. The van der Waals surface area contributed by atoms with E-state index in [4.69, 9.17) is 0 Å². The van der Waals surface area contributed by atoms with Crippen molar-refractivity contribution in [3.8, 4) is 5.75 Å². The third-order valence-electron chi connectivity index (χ3n) is 3.77. The molecule has 0 fully saturated rings. The van der Waals surface area contributed by atoms with E-state index < -0.39 is 26.7 Å². The average molecular weight is 382 g/mol. The molecule has 2 aromatic rings. The number of rotatable bonds is 7. The van der Waals surface area contributed by atoms with Crippen molar-refractivity contribution in [3.05, 3.63) is 40.7 Å². The van der Waals surface area contributed by atoms with Gasteiger partial charge in [0.05, 0.1) is 21.3 Å². The number of hydrogen-bond acceptors (Lipinski definition) is 7. The Hall–Kier alpha value is -2.95. The number of anilines is 1. The topological polar surface area (TPSA) is 144 Å². The van der Waals surface area contributed by atoms with Gasteiger partial charge >= 0.3 is 5.69 Å². The lowest BCUT2D eigenvalue weighted by Crippen LogP contribution is -2.26. The molecule has 1 amide bonds. The SMILES string of the molecule is CCC(C(=O)Nc1cc(S(=O)(=O)CC)ccc1O)n1cc([N+](=O)[O-])cn1. The number of hydrogen-bond donors (Lipinski definition) is 2. The molecular formula is C15H18N4O6S. The Morgan fingerprint density at radius 3 is 2.65 bits per heavy atom. The van der Waals surface area contributed by atoms with Gasteiger partial charge in [-0.05, 0) is 24.6 Å². The third-order valence-corrected chi connectivity index (χ3v) is 5.50. The summed E-state index contributed by atoms with van der Waals surface area (Å²) in [6, 6.07) is 2.73. The van der Waals surface area contributed by atoms with Crippen molar-refractivity contribution in [2.75, 3.05) is 11.1 Å². The number of benzene rings is 1. The van der Waals surface area contributed by atoms with Crippen LogP contribution in [0.2, 0.25) is 0 Å². The highest BCUT2D eigenvalue weighted by Gasteiger charge is 2.23. The minimum Gasteiger partial charge on any atom is -0.506 e. The number of aromatic hydroxyl groups is 1. The molecule has 0 aliphatic rings. The van der Waals surface area contributed by atoms with E-state index in [0.717, 1.165) is 17.1 Å². The van der Waals surface area contributed by atoms with Crippen molar-refractivity contribution in [2.24, 2.45) is 0 Å². The van der Waals surface area contributed by atoms with Crippen molar-refractivity contribution in [3.63, 3.8) is 0 Å². The van der Waals surface area contributed by atoms with Gasteiger partial charge in [-0.15, -0.1) is 0 Å². The Kier molecular flexibility index (Phi) is 5.60. The van der Waals surface area contributed by atoms with Crippen molar-refractivity contribution >= 4 is 27.1 Å². The lowest BCUT2D eigenvalue weighted by molar-refractivity contribution is -0.385. The molecule has 26 heavy (non-hydrogen) atoms. The molecule has 11 heteroatoms. The maximum absolute atomic E-state index is 12.5. The van der Waals surface area contributed by atoms with Crippen LogP contribution in [0.5, 0.6) is 5.75 Å². The zero-order valence-electron chi connectivity index (χ0n) is 14.1. The maximum Gasteiger partial charge on any atom is 0.307 e. The van der Waals surface area contributed by atoms with Crippen molar-refractivity contribution in [1.82, 2.24) is 9.78 Å². The maximum atomic E-state index is 12.5. The van der Waals surface area contributed by atoms with Crippen molar-refractivity contribution in [1.29, 1.82) is 0 Å². The largest absolute Gasteiger partial charge is 0.506 e. The minimum atomic E-state index is -3.51. The number of nitrogens with zero attached hydrogens (tertiary/aromatic N) is 3. The quantitative estimate of drug-likeness (QED) is 0.422. The molecule has 1 atom stereocenters. The summed E-state index contributed by atoms with van der Waals surface area (Å²) in [4.78, 5) is 22.6. The summed E-state index contributed by atoms with van der Waals surface area (Å²) in [6.45, 7) is 3.17. The molecule has 0 radical (unpaired) electrons. The first kappa shape index (κ1) is 19.4. The van der Waals surface area contributed by atoms with E-state index in [2.05, 4.69) is 10.4 Å². The molecule has 1 unspecified atom stereocenters. The summed E-state index contributed by atoms with van der Waals surface area (Å²) >= 11 is 0. The zero-order valence-corrected chi connectivity index (χ0v) is 14.9. The first-order chi connectivity index (χ1) is 12.2. The Labute approximate surface area is 149 Å². The average Bonchev–Trinajstić information content (AvgIpc) is 3.07. The molecule has 0 saturated carbocycles. The smallest absolute Gasteiger partial charge is 0.307 e. The Morgan fingerprint density at radius 1 is 1.42 bits per heavy atom. The molecule has 2 N–H and O–H groups in total. The molecule has 0 saturated heterocycles. The molecule has 140 valence electrons. The van der Waals surface area contributed by atoms with Gasteiger partial charge in [-0.1, -0.05) is 13.8 Å². The van der Waals surface area contributed by atoms with E-state index in [1.807, 2.05) is 0 Å². The molecule has 0 bridgehead atoms. The Morgan fingerprint density at radius 2 is 2.12 bits per heavy atom. The van der Waals surface area contributed by atoms with E-state index in [1.165, 1.54) is 25.1 Å². The van der Waals surface area contributed by atoms with Gasteiger partial charge < -0.3 is 10.4 Å². The highest BCUT2D eigenvalue weighted by Crippen LogP contribution is 2.28. The summed E-state index contributed by atoms with van der Waals surface area (Å²) in [6.07, 6.45) is 2.44. The second-order valence-electron chi connectivity index (χ2n) is 5.43. The van der Waals surface area contributed by atoms with Crippen LogP contribution in [0, 0.1) is 10.1 Å². The highest BCUT2D eigenvalue weighted by atomic mass is 32.2. The molecular weight excluding hydrogens is 364 g/mol. The summed E-state index contributed by atoms with van der Waals surface area (Å²) < 4.78 is 25.1. The predicted molar refractivity (Wildman–Crippen MR) is 92.7 cm³/mol. The number of phenolic OH excluding ortho intramolecular Hbond substituents is 1. The standard InChI is InChI=1S/C15H18N4O6S/c1-3-13(18-9-10(8-16-18)19(22)23)15(21)17-12-7-11(5-6-14(12)20)26(24,25)4-2/h5-9,13,20H,3-4H2,1-2H3,(H,17,21). The van der Waals surface area contributed by atoms with E-state index >= 15 is 0 Å². The predicted octanol–water partition coefficient (Wildman–Crippen LogP) is 1.88. The molecule has 1 heterocycles. The first-order valence-electron chi connectivity index (χ1n) is 7.74. The van der Waals surface area contributed by atoms with Gasteiger partial charge in [0.1, 0.15) is 24.2 Å². The van der Waals surface area contributed by atoms with Gasteiger partial charge in [-0.3, -0.25) is 19.6 Å². The first-order valence-corrected chi connectivity index (χ1v) is 9.40. The van der Waals surface area contributed by atoms with Crippen LogP contribution in [0.15, 0.2) is 35.5 Å². The van der Waals surface area contributed by atoms with Crippen LogP contribution in [0.25, 0.3) is 0 Å². The number of phenols is 1. The molecule has 1 aromatic heterocycles. The molecule has 10 nitrogen and oxygen atoms in total. The summed E-state index contributed by atoms with van der Waals surface area (Å²) in [5, 5.41) is 26.9. The van der Waals surface area contributed by atoms with Gasteiger partial charge in [-0.2, -0.15) is 5.10 Å². The monoisotopic (exact) mass is 382 g/mol. The fourth-order valence-electron chi connectivity index (χ4n) is 2.28. The minimum absolute atomic E-state index is 0.0316. The van der Waals surface area contributed by atoms with E-state index in [0.29, 0.717) is 0 Å². The van der Waals surface area contributed by atoms with Crippen molar-refractivity contribution < 1.29 is 23.2 Å². The summed E-state index contributed by atoms with van der Waals surface area (Å²) in [7, 11) is -3.51. The third kappa shape index (κ3) is 3.99. The zero-order chi connectivity index (χ0) is 19.5. The molecule has 0 spiro atoms. The molecule has 2 rings (SSSR count). The van der Waals surface area contributed by atoms with Crippen molar-refractivity contribution in [2.45, 2.75) is 31.2 Å². The number of carbonyl (C=O) groups is 1. The summed E-state index contributed by atoms with van der Waals surface area (Å²) in [5.74, 6) is -1.01. The van der Waals surface area contributed by atoms with Crippen LogP contribution >= 0.6 is 0 Å². The number of sulfone groups is 1. The van der Waals surface area contributed by atoms with Crippen LogP contribution in [-0.2, 0) is 14.6 Å². The van der Waals surface area contributed by atoms with Crippen LogP contribution in [-0.4, -0.2) is 39.9 Å². The van der Waals surface area contributed by atoms with E-state index in [1.54, 1.807) is 6.92 Å². The molecule has 0 aliphatic heterocycles. The number of carbonyl (C=O) groups excluding carboxylic acids is 1. The number of nitrogens with one attached hydrogen (secondary N) is 1. The fraction of sp³-hybridized carbons (Fsp3) is 0.333. The molecule has 1 aromatic carbocycles. The second kappa shape index (κ2) is 7.52. The molecule has 0 aliphatic carbocycles. The van der Waals surface area contributed by atoms with E-state index in [9.17, 15) is 28.4 Å².